The molecule has 1 amide bonds. The molecular formula is C18H23FN4O2. The quantitative estimate of drug-likeness (QED) is 0.919. The first-order valence-electron chi connectivity index (χ1n) is 8.59. The summed E-state index contributed by atoms with van der Waals surface area (Å²) >= 11 is 0. The Morgan fingerprint density at radius 3 is 2.76 bits per heavy atom. The van der Waals surface area contributed by atoms with E-state index in [1.54, 1.807) is 12.1 Å². The normalized spacial score (nSPS) is 20.3. The maximum absolute atomic E-state index is 13.0. The van der Waals surface area contributed by atoms with Gasteiger partial charge in [0.15, 0.2) is 0 Å². The molecular weight excluding hydrogens is 323 g/mol. The number of carbonyl (C=O) groups excluding carboxylic acids is 1. The van der Waals surface area contributed by atoms with E-state index in [-0.39, 0.29) is 29.6 Å². The Labute approximate surface area is 146 Å². The molecule has 3 rings (SSSR count). The second-order valence-electron chi connectivity index (χ2n) is 6.73. The number of hydrogen-bond acceptors (Lipinski definition) is 5. The third-order valence-electron chi connectivity index (χ3n) is 4.80. The van der Waals surface area contributed by atoms with Gasteiger partial charge in [-0.25, -0.2) is 4.39 Å². The molecule has 2 aromatic rings. The molecule has 0 aliphatic carbocycles. The summed E-state index contributed by atoms with van der Waals surface area (Å²) in [6.45, 7) is 4.99. The molecule has 25 heavy (non-hydrogen) atoms. The maximum atomic E-state index is 13.0. The van der Waals surface area contributed by atoms with Crippen molar-refractivity contribution in [3.63, 3.8) is 0 Å². The van der Waals surface area contributed by atoms with Gasteiger partial charge in [-0.05, 0) is 44.0 Å². The first kappa shape index (κ1) is 17.5. The first-order chi connectivity index (χ1) is 12.0. The lowest BCUT2D eigenvalue weighted by molar-refractivity contribution is -0.136. The van der Waals surface area contributed by atoms with Crippen molar-refractivity contribution < 1.29 is 13.7 Å². The fraction of sp³-hybridized carbons (Fsp3) is 0.500. The number of halogens is 1. The molecule has 1 aromatic heterocycles. The topological polar surface area (TPSA) is 85.3 Å². The highest BCUT2D eigenvalue weighted by atomic mass is 19.1. The van der Waals surface area contributed by atoms with Crippen LogP contribution in [0.4, 0.5) is 4.39 Å². The highest BCUT2D eigenvalue weighted by Gasteiger charge is 2.31. The van der Waals surface area contributed by atoms with Crippen molar-refractivity contribution in [2.45, 2.75) is 38.6 Å². The molecule has 0 spiro atoms. The van der Waals surface area contributed by atoms with E-state index in [4.69, 9.17) is 10.3 Å². The van der Waals surface area contributed by atoms with Crippen LogP contribution in [0.5, 0.6) is 0 Å². The fourth-order valence-corrected chi connectivity index (χ4v) is 3.01. The van der Waals surface area contributed by atoms with Gasteiger partial charge in [0, 0.05) is 24.7 Å². The standard InChI is InChI=1S/C18H23FN4O2/c1-11(12(2)20)18(24)23-9-3-4-14(10-23)17-21-16(22-25-17)13-5-7-15(19)8-6-13/h5-8,11-12,14H,3-4,9-10,20H2,1-2H3. The number of nitrogens with zero attached hydrogens (tertiary/aromatic N) is 3. The van der Waals surface area contributed by atoms with E-state index in [9.17, 15) is 9.18 Å². The number of benzene rings is 1. The van der Waals surface area contributed by atoms with Gasteiger partial charge in [-0.2, -0.15) is 4.98 Å². The molecule has 1 aliphatic rings. The van der Waals surface area contributed by atoms with E-state index in [0.29, 0.717) is 23.8 Å². The average molecular weight is 346 g/mol. The summed E-state index contributed by atoms with van der Waals surface area (Å²) in [6.07, 6.45) is 1.78. The van der Waals surface area contributed by atoms with Gasteiger partial charge >= 0.3 is 0 Å². The molecule has 0 bridgehead atoms. The number of nitrogens with two attached hydrogens (primary N) is 1. The predicted octanol–water partition coefficient (Wildman–Crippen LogP) is 2.57. The van der Waals surface area contributed by atoms with E-state index in [2.05, 4.69) is 10.1 Å². The Balaban J connectivity index is 1.72. The van der Waals surface area contributed by atoms with Gasteiger partial charge in [-0.3, -0.25) is 4.79 Å². The van der Waals surface area contributed by atoms with Crippen molar-refractivity contribution in [2.75, 3.05) is 13.1 Å². The number of hydrogen-bond donors (Lipinski definition) is 1. The lowest BCUT2D eigenvalue weighted by atomic mass is 9.95. The Kier molecular flexibility index (Phi) is 5.13. The molecule has 2 heterocycles. The second-order valence-corrected chi connectivity index (χ2v) is 6.73. The molecule has 1 aromatic carbocycles. The Bertz CT molecular complexity index is 729. The van der Waals surface area contributed by atoms with Gasteiger partial charge in [-0.15, -0.1) is 0 Å². The molecule has 7 heteroatoms. The monoisotopic (exact) mass is 346 g/mol. The number of aromatic nitrogens is 2. The minimum Gasteiger partial charge on any atom is -0.342 e. The Morgan fingerprint density at radius 2 is 2.08 bits per heavy atom. The zero-order chi connectivity index (χ0) is 18.0. The van der Waals surface area contributed by atoms with Crippen LogP contribution in [0.25, 0.3) is 11.4 Å². The van der Waals surface area contributed by atoms with E-state index in [0.717, 1.165) is 19.4 Å². The van der Waals surface area contributed by atoms with Crippen LogP contribution in [0.1, 0.15) is 38.5 Å². The summed E-state index contributed by atoms with van der Waals surface area (Å²) in [5.41, 5.74) is 6.55. The van der Waals surface area contributed by atoms with Gasteiger partial charge in [0.05, 0.1) is 11.8 Å². The van der Waals surface area contributed by atoms with Crippen LogP contribution < -0.4 is 5.73 Å². The van der Waals surface area contributed by atoms with Gasteiger partial charge in [0.2, 0.25) is 17.6 Å². The van der Waals surface area contributed by atoms with E-state index < -0.39 is 0 Å². The Morgan fingerprint density at radius 1 is 1.36 bits per heavy atom. The molecule has 1 aliphatic heterocycles. The van der Waals surface area contributed by atoms with E-state index in [1.807, 2.05) is 18.7 Å². The highest BCUT2D eigenvalue weighted by Crippen LogP contribution is 2.28. The molecule has 0 saturated carbocycles. The minimum absolute atomic E-state index is 0.0136. The van der Waals surface area contributed by atoms with Crippen molar-refractivity contribution in [3.8, 4) is 11.4 Å². The third kappa shape index (κ3) is 3.87. The second kappa shape index (κ2) is 7.31. The fourth-order valence-electron chi connectivity index (χ4n) is 3.01. The summed E-state index contributed by atoms with van der Waals surface area (Å²) < 4.78 is 18.4. The predicted molar refractivity (Wildman–Crippen MR) is 91.1 cm³/mol. The van der Waals surface area contributed by atoms with Crippen LogP contribution >= 0.6 is 0 Å². The van der Waals surface area contributed by atoms with Crippen LogP contribution in [0, 0.1) is 11.7 Å². The van der Waals surface area contributed by atoms with Gasteiger partial charge < -0.3 is 15.2 Å². The number of amides is 1. The van der Waals surface area contributed by atoms with Crippen LogP contribution in [-0.4, -0.2) is 40.1 Å². The average Bonchev–Trinajstić information content (AvgIpc) is 3.11. The molecule has 6 nitrogen and oxygen atoms in total. The largest absolute Gasteiger partial charge is 0.342 e. The maximum Gasteiger partial charge on any atom is 0.231 e. The minimum atomic E-state index is -0.308. The summed E-state index contributed by atoms with van der Waals surface area (Å²) in [6, 6.07) is 5.78. The Hall–Kier alpha value is -2.28. The number of likely N-dealkylation sites (tertiary alicyclic amines) is 1. The zero-order valence-corrected chi connectivity index (χ0v) is 14.5. The van der Waals surface area contributed by atoms with Crippen molar-refractivity contribution in [3.05, 3.63) is 36.0 Å². The SMILES string of the molecule is CC(N)C(C)C(=O)N1CCCC(c2nc(-c3ccc(F)cc3)no2)C1. The number of rotatable bonds is 4. The molecule has 1 saturated heterocycles. The highest BCUT2D eigenvalue weighted by molar-refractivity contribution is 5.79. The van der Waals surface area contributed by atoms with Gasteiger partial charge in [0.25, 0.3) is 0 Å². The van der Waals surface area contributed by atoms with Crippen molar-refractivity contribution in [1.82, 2.24) is 15.0 Å². The van der Waals surface area contributed by atoms with Crippen molar-refractivity contribution in [2.24, 2.45) is 11.7 Å². The van der Waals surface area contributed by atoms with Crippen LogP contribution in [0.3, 0.4) is 0 Å². The van der Waals surface area contributed by atoms with E-state index >= 15 is 0 Å². The number of carbonyl (C=O) groups is 1. The van der Waals surface area contributed by atoms with Crippen LogP contribution in [0.2, 0.25) is 0 Å². The van der Waals surface area contributed by atoms with Crippen molar-refractivity contribution in [1.29, 1.82) is 0 Å². The molecule has 134 valence electrons. The summed E-state index contributed by atoms with van der Waals surface area (Å²) in [4.78, 5) is 18.8. The van der Waals surface area contributed by atoms with Crippen LogP contribution in [-0.2, 0) is 4.79 Å². The zero-order valence-electron chi connectivity index (χ0n) is 14.5. The molecule has 3 unspecified atom stereocenters. The lowest BCUT2D eigenvalue weighted by Gasteiger charge is -2.33. The lowest BCUT2D eigenvalue weighted by Crippen LogP contribution is -2.45. The number of piperidine rings is 1. The van der Waals surface area contributed by atoms with Gasteiger partial charge in [0.1, 0.15) is 5.82 Å². The smallest absolute Gasteiger partial charge is 0.231 e. The molecule has 3 atom stereocenters. The van der Waals surface area contributed by atoms with Crippen LogP contribution in [0.15, 0.2) is 28.8 Å². The third-order valence-corrected chi connectivity index (χ3v) is 4.80. The summed E-state index contributed by atoms with van der Waals surface area (Å²) in [7, 11) is 0. The summed E-state index contributed by atoms with van der Waals surface area (Å²) in [5.74, 6) is 0.513. The first-order valence-corrected chi connectivity index (χ1v) is 8.59. The van der Waals surface area contributed by atoms with E-state index in [1.165, 1.54) is 12.1 Å². The molecule has 1 fully saturated rings. The van der Waals surface area contributed by atoms with Crippen molar-refractivity contribution >= 4 is 5.91 Å². The molecule has 0 radical (unpaired) electrons. The molecule has 2 N–H and O–H groups in total. The summed E-state index contributed by atoms with van der Waals surface area (Å²) in [5, 5.41) is 3.99. The van der Waals surface area contributed by atoms with Gasteiger partial charge in [-0.1, -0.05) is 12.1 Å².